The zero-order valence-corrected chi connectivity index (χ0v) is 25.9. The molecule has 3 aromatic rings. The number of aryl methyl sites for hydroxylation is 1. The molecule has 0 aliphatic carbocycles. The summed E-state index contributed by atoms with van der Waals surface area (Å²) < 4.78 is 39.7. The van der Waals surface area contributed by atoms with Gasteiger partial charge in [0.1, 0.15) is 22.0 Å². The van der Waals surface area contributed by atoms with E-state index in [1.807, 2.05) is 13.8 Å². The predicted molar refractivity (Wildman–Crippen MR) is 159 cm³/mol. The minimum atomic E-state index is -2.78. The van der Waals surface area contributed by atoms with Crippen LogP contribution >= 0.6 is 11.3 Å². The lowest BCUT2D eigenvalue weighted by Gasteiger charge is -2.36. The lowest BCUT2D eigenvalue weighted by atomic mass is 9.94. The van der Waals surface area contributed by atoms with E-state index in [0.717, 1.165) is 25.8 Å². The molecule has 4 rings (SSSR count). The standard InChI is InChI=1S/C30H39F2N5O4S/c1-17(40-7)23-22(16-33-27-24(23)34-18(2)42-27)35-21-10-8-19(9-11-21)25(26(31)32)36(6)28(38)20-12-14-37(15-13-20)29(39)41-30(3,4)5/h8-11,16-17,20,25-26,35H,12-15H2,1-7H3/t17-,25-/m0/s1. The number of carbonyl (C=O) groups is 2. The summed E-state index contributed by atoms with van der Waals surface area (Å²) in [4.78, 5) is 38.3. The Morgan fingerprint density at radius 3 is 2.38 bits per heavy atom. The molecule has 9 nitrogen and oxygen atoms in total. The van der Waals surface area contributed by atoms with Crippen LogP contribution in [-0.2, 0) is 14.3 Å². The molecule has 2 amide bonds. The smallest absolute Gasteiger partial charge is 0.410 e. The number of aromatic nitrogens is 2. The number of pyridine rings is 1. The number of rotatable bonds is 8. The van der Waals surface area contributed by atoms with Crippen molar-refractivity contribution < 1.29 is 27.8 Å². The van der Waals surface area contributed by atoms with E-state index < -0.39 is 30.1 Å². The molecule has 0 unspecified atom stereocenters. The molecule has 3 heterocycles. The topological polar surface area (TPSA) is 96.9 Å². The summed E-state index contributed by atoms with van der Waals surface area (Å²) in [5.41, 5.74) is 2.73. The number of likely N-dealkylation sites (tertiary alicyclic amines) is 1. The molecular formula is C30H39F2N5O4S. The van der Waals surface area contributed by atoms with Crippen LogP contribution in [0.25, 0.3) is 10.3 Å². The van der Waals surface area contributed by atoms with Crippen molar-refractivity contribution in [2.24, 2.45) is 5.92 Å². The number of amides is 2. The van der Waals surface area contributed by atoms with Crippen LogP contribution in [0.5, 0.6) is 0 Å². The van der Waals surface area contributed by atoms with E-state index >= 15 is 0 Å². The van der Waals surface area contributed by atoms with Gasteiger partial charge in [-0.3, -0.25) is 4.79 Å². The number of ether oxygens (including phenoxy) is 2. The Morgan fingerprint density at radius 1 is 1.17 bits per heavy atom. The fourth-order valence-electron chi connectivity index (χ4n) is 5.15. The number of halogens is 2. The number of hydrogen-bond acceptors (Lipinski definition) is 8. The van der Waals surface area contributed by atoms with Gasteiger partial charge in [-0.25, -0.2) is 23.5 Å². The number of methoxy groups -OCH3 is 1. The highest BCUT2D eigenvalue weighted by Gasteiger charge is 2.36. The van der Waals surface area contributed by atoms with E-state index in [2.05, 4.69) is 15.3 Å². The lowest BCUT2D eigenvalue weighted by Crippen LogP contribution is -2.46. The molecule has 0 saturated carbocycles. The molecule has 0 spiro atoms. The van der Waals surface area contributed by atoms with E-state index in [0.29, 0.717) is 42.9 Å². The monoisotopic (exact) mass is 603 g/mol. The number of thiazole rings is 1. The van der Waals surface area contributed by atoms with Crippen LogP contribution in [0.3, 0.4) is 0 Å². The Balaban J connectivity index is 1.46. The summed E-state index contributed by atoms with van der Waals surface area (Å²) in [6.07, 6.45) is -0.963. The molecule has 12 heteroatoms. The van der Waals surface area contributed by atoms with Crippen molar-refractivity contribution in [3.63, 3.8) is 0 Å². The minimum Gasteiger partial charge on any atom is -0.444 e. The Hall–Kier alpha value is -3.38. The Morgan fingerprint density at radius 2 is 1.81 bits per heavy atom. The van der Waals surface area contributed by atoms with Gasteiger partial charge in [-0.2, -0.15) is 0 Å². The van der Waals surface area contributed by atoms with Crippen molar-refractivity contribution in [3.05, 3.63) is 46.6 Å². The molecule has 1 fully saturated rings. The molecule has 1 saturated heterocycles. The fraction of sp³-hybridized carbons (Fsp3) is 0.533. The molecular weight excluding hydrogens is 564 g/mol. The Kier molecular flexibility index (Phi) is 9.67. The van der Waals surface area contributed by atoms with Crippen molar-refractivity contribution in [3.8, 4) is 0 Å². The minimum absolute atomic E-state index is 0.252. The van der Waals surface area contributed by atoms with Gasteiger partial charge in [0.05, 0.1) is 23.0 Å². The summed E-state index contributed by atoms with van der Waals surface area (Å²) in [6, 6.07) is 5.22. The first-order valence-electron chi connectivity index (χ1n) is 14.0. The van der Waals surface area contributed by atoms with Crippen molar-refractivity contribution in [2.75, 3.05) is 32.6 Å². The molecule has 1 N–H and O–H groups in total. The second-order valence-electron chi connectivity index (χ2n) is 11.6. The van der Waals surface area contributed by atoms with Crippen LogP contribution in [0.1, 0.15) is 68.8 Å². The zero-order valence-electron chi connectivity index (χ0n) is 25.1. The van der Waals surface area contributed by atoms with Gasteiger partial charge in [0.2, 0.25) is 5.91 Å². The molecule has 42 heavy (non-hydrogen) atoms. The van der Waals surface area contributed by atoms with Crippen molar-refractivity contribution >= 4 is 45.1 Å². The number of benzene rings is 1. The highest BCUT2D eigenvalue weighted by Crippen LogP contribution is 2.36. The van der Waals surface area contributed by atoms with Gasteiger partial charge >= 0.3 is 6.09 Å². The molecule has 1 aromatic carbocycles. The summed E-state index contributed by atoms with van der Waals surface area (Å²) in [5.74, 6) is -0.809. The third-order valence-corrected chi connectivity index (χ3v) is 8.24. The van der Waals surface area contributed by atoms with Crippen molar-refractivity contribution in [1.82, 2.24) is 19.8 Å². The van der Waals surface area contributed by atoms with Crippen LogP contribution in [-0.4, -0.2) is 71.0 Å². The van der Waals surface area contributed by atoms with Gasteiger partial charge < -0.3 is 24.6 Å². The average molecular weight is 604 g/mol. The van der Waals surface area contributed by atoms with Crippen LogP contribution < -0.4 is 5.32 Å². The number of nitrogens with zero attached hydrogens (tertiary/aromatic N) is 4. The van der Waals surface area contributed by atoms with E-state index in [4.69, 9.17) is 9.47 Å². The summed E-state index contributed by atoms with van der Waals surface area (Å²) >= 11 is 1.50. The van der Waals surface area contributed by atoms with Gasteiger partial charge in [-0.15, -0.1) is 0 Å². The van der Waals surface area contributed by atoms with Crippen LogP contribution in [0.15, 0.2) is 30.5 Å². The lowest BCUT2D eigenvalue weighted by molar-refractivity contribution is -0.141. The third kappa shape index (κ3) is 7.15. The predicted octanol–water partition coefficient (Wildman–Crippen LogP) is 6.86. The maximum atomic E-state index is 14.4. The highest BCUT2D eigenvalue weighted by molar-refractivity contribution is 7.18. The van der Waals surface area contributed by atoms with E-state index in [9.17, 15) is 18.4 Å². The largest absolute Gasteiger partial charge is 0.444 e. The van der Waals surface area contributed by atoms with Gasteiger partial charge in [0, 0.05) is 44.4 Å². The molecule has 1 aliphatic rings. The average Bonchev–Trinajstić information content (AvgIpc) is 3.32. The molecule has 1 aliphatic heterocycles. The van der Waals surface area contributed by atoms with Crippen LogP contribution in [0.2, 0.25) is 0 Å². The normalized spacial score (nSPS) is 16.0. The number of hydrogen-bond donors (Lipinski definition) is 1. The third-order valence-electron chi connectivity index (χ3n) is 7.36. The Labute approximate surface area is 249 Å². The van der Waals surface area contributed by atoms with E-state index in [-0.39, 0.29) is 12.0 Å². The first-order chi connectivity index (χ1) is 19.8. The van der Waals surface area contributed by atoms with E-state index in [1.165, 1.54) is 18.4 Å². The number of alkyl halides is 2. The second-order valence-corrected chi connectivity index (χ2v) is 12.7. The summed E-state index contributed by atoms with van der Waals surface area (Å²) in [5, 5.41) is 4.22. The first-order valence-corrected chi connectivity index (χ1v) is 14.8. The zero-order chi connectivity index (χ0) is 30.8. The Bertz CT molecular complexity index is 1400. The van der Waals surface area contributed by atoms with Gasteiger partial charge in [0.15, 0.2) is 0 Å². The van der Waals surface area contributed by atoms with Gasteiger partial charge in [0.25, 0.3) is 6.43 Å². The maximum Gasteiger partial charge on any atom is 0.410 e. The second kappa shape index (κ2) is 12.9. The quantitative estimate of drug-likeness (QED) is 0.300. The van der Waals surface area contributed by atoms with Gasteiger partial charge in [-0.1, -0.05) is 23.5 Å². The molecule has 2 atom stereocenters. The number of piperidine rings is 1. The maximum absolute atomic E-state index is 14.4. The SMILES string of the molecule is CO[C@@H](C)c1c(Nc2ccc([C@@H](C(F)F)N(C)C(=O)C3CCN(C(=O)OC(C)(C)C)CC3)cc2)cnc2sc(C)nc12. The molecule has 0 radical (unpaired) electrons. The molecule has 0 bridgehead atoms. The summed E-state index contributed by atoms with van der Waals surface area (Å²) in [6.45, 7) is 9.91. The van der Waals surface area contributed by atoms with Crippen molar-refractivity contribution in [1.29, 1.82) is 0 Å². The summed E-state index contributed by atoms with van der Waals surface area (Å²) in [7, 11) is 3.04. The van der Waals surface area contributed by atoms with Crippen LogP contribution in [0, 0.1) is 12.8 Å². The van der Waals surface area contributed by atoms with E-state index in [1.54, 1.807) is 63.2 Å². The fourth-order valence-corrected chi connectivity index (χ4v) is 5.92. The molecule has 228 valence electrons. The molecule has 2 aromatic heterocycles. The number of fused-ring (bicyclic) bond motifs is 1. The van der Waals surface area contributed by atoms with Crippen LogP contribution in [0.4, 0.5) is 25.0 Å². The number of anilines is 2. The number of carbonyl (C=O) groups excluding carboxylic acids is 2. The van der Waals surface area contributed by atoms with Crippen molar-refractivity contribution in [2.45, 2.75) is 71.6 Å². The van der Waals surface area contributed by atoms with Gasteiger partial charge in [-0.05, 0) is 65.2 Å². The highest BCUT2D eigenvalue weighted by atomic mass is 32.1. The number of nitrogens with one attached hydrogen (secondary N) is 1. The first kappa shape index (κ1) is 31.6.